The highest BCUT2D eigenvalue weighted by atomic mass is 79.9. The average molecular weight is 297 g/mol. The summed E-state index contributed by atoms with van der Waals surface area (Å²) in [5, 5.41) is 3.15. The number of hydrogen-bond acceptors (Lipinski definition) is 3. The van der Waals surface area contributed by atoms with Gasteiger partial charge in [0, 0.05) is 33.3 Å². The minimum Gasteiger partial charge on any atom is -0.376 e. The molecule has 0 radical (unpaired) electrons. The van der Waals surface area contributed by atoms with Crippen molar-refractivity contribution in [1.29, 1.82) is 0 Å². The van der Waals surface area contributed by atoms with Crippen LogP contribution >= 0.6 is 15.9 Å². The van der Waals surface area contributed by atoms with Crippen molar-refractivity contribution in [2.45, 2.75) is 6.42 Å². The van der Waals surface area contributed by atoms with Gasteiger partial charge in [-0.15, -0.1) is 0 Å². The molecule has 4 nitrogen and oxygen atoms in total. The van der Waals surface area contributed by atoms with Gasteiger partial charge in [0.2, 0.25) is 0 Å². The molecule has 5 heteroatoms. The molecule has 0 fully saturated rings. The molecule has 0 spiro atoms. The van der Waals surface area contributed by atoms with Gasteiger partial charge in [-0.2, -0.15) is 0 Å². The highest BCUT2D eigenvalue weighted by Crippen LogP contribution is 2.28. The molecule has 0 unspecified atom stereocenters. The number of likely N-dealkylation sites (N-methyl/N-ethyl adjacent to an activating group) is 1. The van der Waals surface area contributed by atoms with Crippen molar-refractivity contribution < 1.29 is 0 Å². The minimum atomic E-state index is 0.910. The summed E-state index contributed by atoms with van der Waals surface area (Å²) in [6.07, 6.45) is 2.98. The summed E-state index contributed by atoms with van der Waals surface area (Å²) in [7, 11) is 6.04. The molecular formula is C12H17BrN4. The monoisotopic (exact) mass is 296 g/mol. The summed E-state index contributed by atoms with van der Waals surface area (Å²) in [4.78, 5) is 6.68. The molecule has 2 aromatic heterocycles. The highest BCUT2D eigenvalue weighted by molar-refractivity contribution is 9.10. The Labute approximate surface area is 110 Å². The van der Waals surface area contributed by atoms with Gasteiger partial charge in [-0.25, -0.2) is 4.98 Å². The summed E-state index contributed by atoms with van der Waals surface area (Å²) >= 11 is 3.55. The van der Waals surface area contributed by atoms with Crippen molar-refractivity contribution in [2.24, 2.45) is 0 Å². The Bertz CT molecular complexity index is 518. The number of imidazole rings is 1. The highest BCUT2D eigenvalue weighted by Gasteiger charge is 2.13. The van der Waals surface area contributed by atoms with Crippen LogP contribution in [0.4, 0.5) is 5.69 Å². The second-order valence-electron chi connectivity index (χ2n) is 4.18. The van der Waals surface area contributed by atoms with Crippen molar-refractivity contribution in [3.63, 3.8) is 0 Å². The van der Waals surface area contributed by atoms with Crippen molar-refractivity contribution in [3.8, 4) is 0 Å². The number of halogens is 1. The van der Waals surface area contributed by atoms with Gasteiger partial charge in [0.1, 0.15) is 15.9 Å². The molecule has 17 heavy (non-hydrogen) atoms. The smallest absolute Gasteiger partial charge is 0.134 e. The number of anilines is 1. The topological polar surface area (TPSA) is 32.6 Å². The first-order chi connectivity index (χ1) is 8.15. The molecule has 0 saturated heterocycles. The van der Waals surface area contributed by atoms with E-state index in [9.17, 15) is 0 Å². The quantitative estimate of drug-likeness (QED) is 0.936. The zero-order valence-electron chi connectivity index (χ0n) is 10.4. The van der Waals surface area contributed by atoms with Crippen LogP contribution in [0.1, 0.15) is 5.82 Å². The van der Waals surface area contributed by atoms with E-state index < -0.39 is 0 Å². The molecule has 0 amide bonds. The fraction of sp³-hybridized carbons (Fsp3) is 0.417. The molecule has 0 bridgehead atoms. The lowest BCUT2D eigenvalue weighted by molar-refractivity contribution is 0.752. The molecule has 92 valence electrons. The maximum absolute atomic E-state index is 4.58. The van der Waals surface area contributed by atoms with Crippen LogP contribution in [0.2, 0.25) is 0 Å². The summed E-state index contributed by atoms with van der Waals surface area (Å²) < 4.78 is 3.06. The lowest BCUT2D eigenvalue weighted by atomic mass is 10.3. The fourth-order valence-corrected chi connectivity index (χ4v) is 2.51. The van der Waals surface area contributed by atoms with E-state index in [1.165, 1.54) is 5.69 Å². The minimum absolute atomic E-state index is 0.910. The first-order valence-corrected chi connectivity index (χ1v) is 6.42. The van der Waals surface area contributed by atoms with Gasteiger partial charge in [0.25, 0.3) is 0 Å². The molecule has 0 aliphatic carbocycles. The maximum Gasteiger partial charge on any atom is 0.134 e. The third kappa shape index (κ3) is 2.30. The molecule has 0 saturated carbocycles. The van der Waals surface area contributed by atoms with Gasteiger partial charge in [-0.3, -0.25) is 0 Å². The SMILES string of the molecule is CNCCc1nc(Br)c2c(N(C)C)cccn12. The Kier molecular flexibility index (Phi) is 3.69. The standard InChI is InChI=1S/C12H17BrN4/c1-14-7-6-10-15-12(13)11-9(16(2)3)5-4-8-17(10)11/h4-5,8,14H,6-7H2,1-3H3. The summed E-state index contributed by atoms with van der Waals surface area (Å²) in [5.74, 6) is 1.07. The predicted octanol–water partition coefficient (Wildman–Crippen LogP) is 1.92. The molecule has 2 rings (SSSR count). The normalized spacial score (nSPS) is 11.1. The van der Waals surface area contributed by atoms with Crippen molar-refractivity contribution >= 4 is 27.1 Å². The fourth-order valence-electron chi connectivity index (χ4n) is 1.91. The van der Waals surface area contributed by atoms with Crippen LogP contribution in [-0.2, 0) is 6.42 Å². The first kappa shape index (κ1) is 12.4. The number of hydrogen-bond donors (Lipinski definition) is 1. The predicted molar refractivity (Wildman–Crippen MR) is 74.8 cm³/mol. The number of rotatable bonds is 4. The van der Waals surface area contributed by atoms with Gasteiger partial charge in [-0.1, -0.05) is 0 Å². The van der Waals surface area contributed by atoms with E-state index >= 15 is 0 Å². The van der Waals surface area contributed by atoms with E-state index in [-0.39, 0.29) is 0 Å². The number of nitrogens with zero attached hydrogens (tertiary/aromatic N) is 3. The van der Waals surface area contributed by atoms with Crippen LogP contribution < -0.4 is 10.2 Å². The molecule has 0 aliphatic rings. The van der Waals surface area contributed by atoms with Crippen LogP contribution in [-0.4, -0.2) is 37.1 Å². The van der Waals surface area contributed by atoms with Crippen LogP contribution in [0, 0.1) is 0 Å². The van der Waals surface area contributed by atoms with Gasteiger partial charge in [0.15, 0.2) is 0 Å². The molecule has 0 aliphatic heterocycles. The second kappa shape index (κ2) is 5.06. The molecule has 2 heterocycles. The van der Waals surface area contributed by atoms with Crippen LogP contribution in [0.5, 0.6) is 0 Å². The molecule has 0 atom stereocenters. The molecule has 0 aromatic carbocycles. The number of fused-ring (bicyclic) bond motifs is 1. The van der Waals surface area contributed by atoms with E-state index in [1.807, 2.05) is 21.1 Å². The third-order valence-electron chi connectivity index (χ3n) is 2.75. The Morgan fingerprint density at radius 2 is 2.24 bits per heavy atom. The largest absolute Gasteiger partial charge is 0.376 e. The number of pyridine rings is 1. The molecule has 1 N–H and O–H groups in total. The van der Waals surface area contributed by atoms with Crippen LogP contribution in [0.25, 0.3) is 5.52 Å². The summed E-state index contributed by atoms with van der Waals surface area (Å²) in [6.45, 7) is 0.928. The van der Waals surface area contributed by atoms with Gasteiger partial charge in [0.05, 0.1) is 5.69 Å². The lowest BCUT2D eigenvalue weighted by Gasteiger charge is -2.14. The van der Waals surface area contributed by atoms with Crippen LogP contribution in [0.3, 0.4) is 0 Å². The molecular weight excluding hydrogens is 280 g/mol. The Morgan fingerprint density at radius 3 is 2.88 bits per heavy atom. The van der Waals surface area contributed by atoms with E-state index in [2.05, 4.69) is 53.9 Å². The van der Waals surface area contributed by atoms with E-state index in [0.717, 1.165) is 28.9 Å². The van der Waals surface area contributed by atoms with Gasteiger partial charge in [-0.05, 0) is 35.1 Å². The number of nitrogens with one attached hydrogen (secondary N) is 1. The third-order valence-corrected chi connectivity index (χ3v) is 3.31. The van der Waals surface area contributed by atoms with E-state index in [4.69, 9.17) is 0 Å². The zero-order valence-corrected chi connectivity index (χ0v) is 12.0. The first-order valence-electron chi connectivity index (χ1n) is 5.62. The van der Waals surface area contributed by atoms with Gasteiger partial charge >= 0.3 is 0 Å². The van der Waals surface area contributed by atoms with E-state index in [1.54, 1.807) is 0 Å². The van der Waals surface area contributed by atoms with E-state index in [0.29, 0.717) is 0 Å². The second-order valence-corrected chi connectivity index (χ2v) is 4.93. The zero-order chi connectivity index (χ0) is 12.4. The van der Waals surface area contributed by atoms with Crippen molar-refractivity contribution in [3.05, 3.63) is 28.8 Å². The Morgan fingerprint density at radius 1 is 1.47 bits per heavy atom. The Balaban J connectivity index is 2.56. The summed E-state index contributed by atoms with van der Waals surface area (Å²) in [6, 6.07) is 4.16. The lowest BCUT2D eigenvalue weighted by Crippen LogP contribution is -2.13. The van der Waals surface area contributed by atoms with Gasteiger partial charge < -0.3 is 14.6 Å². The summed E-state index contributed by atoms with van der Waals surface area (Å²) in [5.41, 5.74) is 2.30. The maximum atomic E-state index is 4.58. The molecule has 2 aromatic rings. The number of aromatic nitrogens is 2. The van der Waals surface area contributed by atoms with Crippen molar-refractivity contribution in [2.75, 3.05) is 32.6 Å². The van der Waals surface area contributed by atoms with Crippen molar-refractivity contribution in [1.82, 2.24) is 14.7 Å². The Hall–Kier alpha value is -1.07. The van der Waals surface area contributed by atoms with Crippen LogP contribution in [0.15, 0.2) is 22.9 Å². The average Bonchev–Trinajstić information content (AvgIpc) is 2.64.